The number of aliphatic carboxylic acids is 2. The first-order chi connectivity index (χ1) is 24.4. The quantitative estimate of drug-likeness (QED) is 0.176. The number of halogens is 2. The minimum atomic E-state index is -0.824. The van der Waals surface area contributed by atoms with Gasteiger partial charge < -0.3 is 32.1 Å². The molecule has 0 unspecified atom stereocenters. The summed E-state index contributed by atoms with van der Waals surface area (Å²) in [6, 6.07) is 25.2. The van der Waals surface area contributed by atoms with Gasteiger partial charge in [-0.05, 0) is 89.6 Å². The average molecular weight is 780 g/mol. The number of carboxylic acid groups (broad SMARTS) is 2. The van der Waals surface area contributed by atoms with Crippen LogP contribution in [0.2, 0.25) is 0 Å². The molecule has 3 aliphatic rings. The molecule has 1 aliphatic carbocycles. The van der Waals surface area contributed by atoms with Gasteiger partial charge in [0.2, 0.25) is 5.69 Å². The molecule has 0 saturated heterocycles. The number of allylic oxidation sites excluding steroid dienone is 8. The van der Waals surface area contributed by atoms with E-state index in [1.54, 1.807) is 0 Å². The monoisotopic (exact) mass is 778 g/mol. The van der Waals surface area contributed by atoms with Crippen molar-refractivity contribution in [2.45, 2.75) is 70.6 Å². The third-order valence-electron chi connectivity index (χ3n) is 10.9. The zero-order chi connectivity index (χ0) is 36.1. The topological polar surface area (TPSA) is 80.9 Å². The normalized spacial score (nSPS) is 19.2. The van der Waals surface area contributed by atoms with Gasteiger partial charge in [-0.25, -0.2) is 0 Å². The smallest absolute Gasteiger partial charge is 0.309 e. The van der Waals surface area contributed by atoms with Gasteiger partial charge in [0.15, 0.2) is 12.3 Å². The summed E-state index contributed by atoms with van der Waals surface area (Å²) in [5, 5.41) is 24.7. The molecule has 2 heterocycles. The molecule has 4 aromatic rings. The number of carbonyl (C=O) groups is 2. The predicted molar refractivity (Wildman–Crippen MR) is 208 cm³/mol. The molecule has 2 aliphatic heterocycles. The van der Waals surface area contributed by atoms with E-state index >= 15 is 0 Å². The van der Waals surface area contributed by atoms with Gasteiger partial charge in [-0.1, -0.05) is 92.2 Å². The largest absolute Gasteiger partial charge is 1.00 e. The first-order valence-electron chi connectivity index (χ1n) is 17.8. The molecule has 0 bridgehead atoms. The van der Waals surface area contributed by atoms with E-state index < -0.39 is 11.9 Å². The fourth-order valence-electron chi connectivity index (χ4n) is 8.53. The van der Waals surface area contributed by atoms with Gasteiger partial charge in [0.05, 0.1) is 11.8 Å². The number of fused-ring (bicyclic) bond motifs is 6. The molecule has 0 spiro atoms. The lowest BCUT2D eigenvalue weighted by Crippen LogP contribution is -3.00. The van der Waals surface area contributed by atoms with Crippen LogP contribution in [0.3, 0.4) is 0 Å². The van der Waals surface area contributed by atoms with Crippen LogP contribution in [0, 0.1) is 0 Å². The predicted octanol–water partition coefficient (Wildman–Crippen LogP) is 7.16. The summed E-state index contributed by atoms with van der Waals surface area (Å²) < 4.78 is 2.17. The molecule has 2 N–H and O–H groups in total. The molecule has 0 amide bonds. The van der Waals surface area contributed by atoms with E-state index in [0.717, 1.165) is 69.0 Å². The van der Waals surface area contributed by atoms with Crippen molar-refractivity contribution in [3.05, 3.63) is 130 Å². The van der Waals surface area contributed by atoms with Gasteiger partial charge in [-0.15, -0.1) is 0 Å². The van der Waals surface area contributed by atoms with Crippen molar-refractivity contribution in [2.75, 3.05) is 18.0 Å². The average Bonchev–Trinajstić information content (AvgIpc) is 3.46. The number of rotatable bonds is 9. The Bertz CT molecular complexity index is 2280. The van der Waals surface area contributed by atoms with Crippen molar-refractivity contribution >= 4 is 62.2 Å². The first kappa shape index (κ1) is 37.3. The lowest BCUT2D eigenvalue weighted by Gasteiger charge is -2.27. The van der Waals surface area contributed by atoms with E-state index in [1.165, 1.54) is 21.9 Å². The standard InChI is InChI=1S/C44H43ClN2O4.BrH/c1-43(2)36(46(26-24-38(48)49)34-20-16-28-10-5-7-14-32(28)40(34)43)22-18-30-12-9-13-31(42(30)45)19-23-37-44(3,4)41-33-15-8-6-11-29(33)17-21-35(41)47(37)27-25-39(50)51;/h5-8,10-11,14-23H,9,12-13,24-27H2,1-4H3,(H-,48,49,50,51);1H. The van der Waals surface area contributed by atoms with Crippen LogP contribution >= 0.6 is 11.6 Å². The Labute approximate surface area is 320 Å². The lowest BCUT2D eigenvalue weighted by atomic mass is 9.78. The van der Waals surface area contributed by atoms with Gasteiger partial charge in [0.1, 0.15) is 6.42 Å². The lowest BCUT2D eigenvalue weighted by molar-refractivity contribution is -0.436. The highest BCUT2D eigenvalue weighted by Gasteiger charge is 2.46. The molecule has 4 aromatic carbocycles. The summed E-state index contributed by atoms with van der Waals surface area (Å²) >= 11 is 7.21. The molecule has 268 valence electrons. The third-order valence-corrected chi connectivity index (χ3v) is 11.4. The maximum Gasteiger partial charge on any atom is 0.309 e. The molecular weight excluding hydrogens is 736 g/mol. The number of anilines is 1. The number of hydrogen-bond acceptors (Lipinski definition) is 3. The molecule has 52 heavy (non-hydrogen) atoms. The van der Waals surface area contributed by atoms with Gasteiger partial charge >= 0.3 is 11.9 Å². The molecular formula is C44H44BrClN2O4. The first-order valence-corrected chi connectivity index (χ1v) is 18.2. The number of benzene rings is 4. The Morgan fingerprint density at radius 1 is 0.788 bits per heavy atom. The summed E-state index contributed by atoms with van der Waals surface area (Å²) in [5.74, 6) is -1.65. The van der Waals surface area contributed by atoms with Crippen LogP contribution in [-0.4, -0.2) is 45.5 Å². The Hall–Kier alpha value is -4.46. The van der Waals surface area contributed by atoms with Crippen molar-refractivity contribution in [3.63, 3.8) is 0 Å². The highest BCUT2D eigenvalue weighted by Crippen LogP contribution is 2.51. The third kappa shape index (κ3) is 6.54. The fourth-order valence-corrected chi connectivity index (χ4v) is 8.85. The van der Waals surface area contributed by atoms with Gasteiger partial charge in [-0.2, -0.15) is 4.58 Å². The molecule has 8 heteroatoms. The van der Waals surface area contributed by atoms with E-state index in [2.05, 4.69) is 122 Å². The van der Waals surface area contributed by atoms with E-state index in [4.69, 9.17) is 11.6 Å². The van der Waals surface area contributed by atoms with E-state index in [9.17, 15) is 19.8 Å². The Morgan fingerprint density at radius 3 is 2.10 bits per heavy atom. The number of carboxylic acids is 2. The van der Waals surface area contributed by atoms with Crippen molar-refractivity contribution in [1.29, 1.82) is 0 Å². The second-order valence-corrected chi connectivity index (χ2v) is 15.2. The SMILES string of the molecule is CC1(C)C(=C/C=C2\CCCC(/C=C/C3=[N+](CCC(=O)O)c4ccc5ccccc5c4C3(C)C)=C2Cl)N(CCC(=O)O)c2ccc3ccccc3c21.[Br-]. The highest BCUT2D eigenvalue weighted by molar-refractivity contribution is 6.32. The van der Waals surface area contributed by atoms with Crippen LogP contribution in [0.1, 0.15) is 70.9 Å². The van der Waals surface area contributed by atoms with Crippen molar-refractivity contribution in [3.8, 4) is 0 Å². The number of hydrogen-bond donors (Lipinski definition) is 2. The van der Waals surface area contributed by atoms with E-state index in [1.807, 2.05) is 12.1 Å². The second-order valence-electron chi connectivity index (χ2n) is 14.9. The Kier molecular flexibility index (Phi) is 10.4. The molecule has 0 saturated carbocycles. The Morgan fingerprint density at radius 2 is 1.42 bits per heavy atom. The zero-order valence-electron chi connectivity index (χ0n) is 30.0. The van der Waals surface area contributed by atoms with Crippen molar-refractivity contribution < 1.29 is 41.4 Å². The van der Waals surface area contributed by atoms with E-state index in [-0.39, 0.29) is 40.7 Å². The minimum Gasteiger partial charge on any atom is -1.00 e. The molecule has 6 nitrogen and oxygen atoms in total. The molecule has 0 fully saturated rings. The molecule has 0 atom stereocenters. The zero-order valence-corrected chi connectivity index (χ0v) is 32.4. The number of nitrogens with zero attached hydrogens (tertiary/aromatic N) is 2. The van der Waals surface area contributed by atoms with Gasteiger partial charge in [0, 0.05) is 46.1 Å². The molecule has 7 rings (SSSR count). The highest BCUT2D eigenvalue weighted by atomic mass is 79.9. The van der Waals surface area contributed by atoms with Crippen LogP contribution in [0.15, 0.2) is 119 Å². The van der Waals surface area contributed by atoms with Crippen molar-refractivity contribution in [2.24, 2.45) is 0 Å². The van der Waals surface area contributed by atoms with Crippen LogP contribution < -0.4 is 21.9 Å². The molecule has 0 radical (unpaired) electrons. The van der Waals surface area contributed by atoms with Crippen LogP contribution in [-0.2, 0) is 20.4 Å². The maximum absolute atomic E-state index is 11.7. The van der Waals surface area contributed by atoms with E-state index in [0.29, 0.717) is 13.1 Å². The molecule has 0 aromatic heterocycles. The maximum atomic E-state index is 11.7. The second kappa shape index (κ2) is 14.5. The summed E-state index contributed by atoms with van der Waals surface area (Å²) in [5.41, 5.74) is 8.02. The van der Waals surface area contributed by atoms with Gasteiger partial charge in [0.25, 0.3) is 0 Å². The summed E-state index contributed by atoms with van der Waals surface area (Å²) in [6.45, 7) is 9.62. The van der Waals surface area contributed by atoms with Crippen molar-refractivity contribution in [1.82, 2.24) is 0 Å². The summed E-state index contributed by atoms with van der Waals surface area (Å²) in [6.07, 6.45) is 11.2. The van der Waals surface area contributed by atoms with Crippen LogP contribution in [0.4, 0.5) is 11.4 Å². The Balaban J connectivity index is 0.00000464. The van der Waals surface area contributed by atoms with Crippen LogP contribution in [0.25, 0.3) is 21.5 Å². The summed E-state index contributed by atoms with van der Waals surface area (Å²) in [7, 11) is 0. The van der Waals surface area contributed by atoms with Crippen LogP contribution in [0.5, 0.6) is 0 Å². The summed E-state index contributed by atoms with van der Waals surface area (Å²) in [4.78, 5) is 25.6. The fraction of sp³-hybridized carbons (Fsp3) is 0.295. The van der Waals surface area contributed by atoms with Gasteiger partial charge in [-0.3, -0.25) is 9.59 Å². The minimum absolute atomic E-state index is 0.